The number of fused-ring (bicyclic) bond motifs is 1. The summed E-state index contributed by atoms with van der Waals surface area (Å²) in [6, 6.07) is 8.95. The molecule has 0 spiro atoms. The fourth-order valence-corrected chi connectivity index (χ4v) is 2.67. The lowest BCUT2D eigenvalue weighted by Gasteiger charge is -2.13. The van der Waals surface area contributed by atoms with E-state index in [0.717, 1.165) is 35.4 Å². The van der Waals surface area contributed by atoms with Crippen LogP contribution in [0.2, 0.25) is 0 Å². The summed E-state index contributed by atoms with van der Waals surface area (Å²) >= 11 is 0. The van der Waals surface area contributed by atoms with Crippen molar-refractivity contribution in [3.63, 3.8) is 0 Å². The monoisotopic (exact) mass is 345 g/mol. The molecule has 2 aromatic carbocycles. The zero-order valence-electron chi connectivity index (χ0n) is 13.3. The SMILES string of the molecule is O=C(/C=C/c1ccc2c(c1)CCO2)NCC(O)c1c(F)cccc1F. The first kappa shape index (κ1) is 17.1. The smallest absolute Gasteiger partial charge is 0.244 e. The van der Waals surface area contributed by atoms with Crippen LogP contribution in [-0.4, -0.2) is 24.2 Å². The van der Waals surface area contributed by atoms with Crippen molar-refractivity contribution in [2.24, 2.45) is 0 Å². The third-order valence-corrected chi connectivity index (χ3v) is 3.94. The second-order valence-corrected chi connectivity index (χ2v) is 5.70. The molecule has 1 atom stereocenters. The number of hydrogen-bond acceptors (Lipinski definition) is 3. The third kappa shape index (κ3) is 4.03. The summed E-state index contributed by atoms with van der Waals surface area (Å²) in [5, 5.41) is 12.3. The van der Waals surface area contributed by atoms with Crippen molar-refractivity contribution in [2.75, 3.05) is 13.2 Å². The second kappa shape index (κ2) is 7.44. The Morgan fingerprint density at radius 3 is 2.80 bits per heavy atom. The number of aliphatic hydroxyl groups excluding tert-OH is 1. The van der Waals surface area contributed by atoms with Crippen molar-refractivity contribution in [1.82, 2.24) is 5.32 Å². The van der Waals surface area contributed by atoms with Gasteiger partial charge in [0.2, 0.25) is 5.91 Å². The summed E-state index contributed by atoms with van der Waals surface area (Å²) < 4.78 is 32.5. The molecule has 0 saturated carbocycles. The fourth-order valence-electron chi connectivity index (χ4n) is 2.67. The van der Waals surface area contributed by atoms with Gasteiger partial charge in [-0.25, -0.2) is 8.78 Å². The topological polar surface area (TPSA) is 58.6 Å². The summed E-state index contributed by atoms with van der Waals surface area (Å²) in [6.45, 7) is 0.368. The Morgan fingerprint density at radius 2 is 2.04 bits per heavy atom. The maximum Gasteiger partial charge on any atom is 0.244 e. The zero-order chi connectivity index (χ0) is 17.8. The Bertz CT molecular complexity index is 800. The van der Waals surface area contributed by atoms with E-state index in [-0.39, 0.29) is 6.54 Å². The lowest BCUT2D eigenvalue weighted by atomic mass is 10.1. The molecular formula is C19H17F2NO3. The van der Waals surface area contributed by atoms with E-state index >= 15 is 0 Å². The van der Waals surface area contributed by atoms with E-state index in [1.165, 1.54) is 12.1 Å². The number of carbonyl (C=O) groups is 1. The minimum Gasteiger partial charge on any atom is -0.493 e. The molecule has 1 amide bonds. The van der Waals surface area contributed by atoms with Crippen LogP contribution in [0.4, 0.5) is 8.78 Å². The van der Waals surface area contributed by atoms with Gasteiger partial charge in [-0.3, -0.25) is 4.79 Å². The van der Waals surface area contributed by atoms with Crippen molar-refractivity contribution in [3.05, 3.63) is 70.8 Å². The van der Waals surface area contributed by atoms with Crippen molar-refractivity contribution in [3.8, 4) is 5.75 Å². The average Bonchev–Trinajstić information content (AvgIpc) is 3.05. The Morgan fingerprint density at radius 1 is 1.28 bits per heavy atom. The van der Waals surface area contributed by atoms with Crippen molar-refractivity contribution >= 4 is 12.0 Å². The zero-order valence-corrected chi connectivity index (χ0v) is 13.3. The number of amides is 1. The Kier molecular flexibility index (Phi) is 5.09. The van der Waals surface area contributed by atoms with Crippen LogP contribution in [0.25, 0.3) is 6.08 Å². The van der Waals surface area contributed by atoms with Crippen LogP contribution in [0, 0.1) is 11.6 Å². The predicted octanol–water partition coefficient (Wildman–Crippen LogP) is 2.76. The molecule has 2 aromatic rings. The quantitative estimate of drug-likeness (QED) is 0.820. The van der Waals surface area contributed by atoms with Crippen LogP contribution >= 0.6 is 0 Å². The van der Waals surface area contributed by atoms with Crippen LogP contribution in [0.1, 0.15) is 22.8 Å². The van der Waals surface area contributed by atoms with Crippen molar-refractivity contribution in [1.29, 1.82) is 0 Å². The lowest BCUT2D eigenvalue weighted by molar-refractivity contribution is -0.116. The molecule has 1 aliphatic heterocycles. The highest BCUT2D eigenvalue weighted by Crippen LogP contribution is 2.26. The molecule has 1 aliphatic rings. The fraction of sp³-hybridized carbons (Fsp3) is 0.211. The highest BCUT2D eigenvalue weighted by atomic mass is 19.1. The normalized spacial score (nSPS) is 14.2. The molecule has 3 rings (SSSR count). The summed E-state index contributed by atoms with van der Waals surface area (Å²) in [4.78, 5) is 11.8. The molecule has 0 bridgehead atoms. The van der Waals surface area contributed by atoms with Gasteiger partial charge in [0.25, 0.3) is 0 Å². The molecule has 6 heteroatoms. The summed E-state index contributed by atoms with van der Waals surface area (Å²) in [6.07, 6.45) is 2.31. The molecule has 1 heterocycles. The first-order valence-corrected chi connectivity index (χ1v) is 7.88. The van der Waals surface area contributed by atoms with E-state index in [4.69, 9.17) is 4.74 Å². The van der Waals surface area contributed by atoms with Gasteiger partial charge < -0.3 is 15.2 Å². The van der Waals surface area contributed by atoms with Gasteiger partial charge in [-0.15, -0.1) is 0 Å². The summed E-state index contributed by atoms with van der Waals surface area (Å²) in [7, 11) is 0. The first-order chi connectivity index (χ1) is 12.0. The van der Waals surface area contributed by atoms with Crippen LogP contribution < -0.4 is 10.1 Å². The largest absolute Gasteiger partial charge is 0.493 e. The van der Waals surface area contributed by atoms with Crippen molar-refractivity contribution in [2.45, 2.75) is 12.5 Å². The van der Waals surface area contributed by atoms with Crippen LogP contribution in [-0.2, 0) is 11.2 Å². The second-order valence-electron chi connectivity index (χ2n) is 5.70. The van der Waals surface area contributed by atoms with Gasteiger partial charge in [-0.05, 0) is 41.5 Å². The molecule has 0 aromatic heterocycles. The van der Waals surface area contributed by atoms with Gasteiger partial charge in [0, 0.05) is 19.0 Å². The van der Waals surface area contributed by atoms with E-state index in [1.54, 1.807) is 6.08 Å². The highest BCUT2D eigenvalue weighted by Gasteiger charge is 2.18. The van der Waals surface area contributed by atoms with E-state index in [1.807, 2.05) is 18.2 Å². The molecule has 130 valence electrons. The van der Waals surface area contributed by atoms with Gasteiger partial charge in [-0.2, -0.15) is 0 Å². The summed E-state index contributed by atoms with van der Waals surface area (Å²) in [5.74, 6) is -1.31. The van der Waals surface area contributed by atoms with Gasteiger partial charge in [0.15, 0.2) is 0 Å². The number of ether oxygens (including phenoxy) is 1. The number of hydrogen-bond donors (Lipinski definition) is 2. The number of halogens is 2. The molecule has 0 saturated heterocycles. The molecule has 0 radical (unpaired) electrons. The lowest BCUT2D eigenvalue weighted by Crippen LogP contribution is -2.27. The Balaban J connectivity index is 1.57. The highest BCUT2D eigenvalue weighted by molar-refractivity contribution is 5.91. The molecule has 0 aliphatic carbocycles. The number of rotatable bonds is 5. The van der Waals surface area contributed by atoms with Crippen LogP contribution in [0.3, 0.4) is 0 Å². The third-order valence-electron chi connectivity index (χ3n) is 3.94. The Hall–Kier alpha value is -2.73. The molecule has 25 heavy (non-hydrogen) atoms. The van der Waals surface area contributed by atoms with E-state index in [2.05, 4.69) is 5.32 Å². The minimum atomic E-state index is -1.46. The van der Waals surface area contributed by atoms with Crippen LogP contribution in [0.5, 0.6) is 5.75 Å². The molecule has 2 N–H and O–H groups in total. The van der Waals surface area contributed by atoms with Gasteiger partial charge in [0.1, 0.15) is 23.5 Å². The van der Waals surface area contributed by atoms with Gasteiger partial charge >= 0.3 is 0 Å². The van der Waals surface area contributed by atoms with E-state index in [0.29, 0.717) is 6.61 Å². The first-order valence-electron chi connectivity index (χ1n) is 7.88. The molecular weight excluding hydrogens is 328 g/mol. The number of aliphatic hydroxyl groups is 1. The van der Waals surface area contributed by atoms with Crippen LogP contribution in [0.15, 0.2) is 42.5 Å². The Labute approximate surface area is 143 Å². The number of nitrogens with one attached hydrogen (secondary N) is 1. The average molecular weight is 345 g/mol. The maximum atomic E-state index is 13.6. The van der Waals surface area contributed by atoms with Crippen molar-refractivity contribution < 1.29 is 23.4 Å². The number of carbonyl (C=O) groups excluding carboxylic acids is 1. The van der Waals surface area contributed by atoms with Gasteiger partial charge in [-0.1, -0.05) is 12.1 Å². The molecule has 4 nitrogen and oxygen atoms in total. The van der Waals surface area contributed by atoms with E-state index < -0.39 is 29.2 Å². The van der Waals surface area contributed by atoms with E-state index in [9.17, 15) is 18.7 Å². The molecule has 0 fully saturated rings. The molecule has 1 unspecified atom stereocenters. The summed E-state index contributed by atoms with van der Waals surface area (Å²) in [5.41, 5.74) is 1.48. The van der Waals surface area contributed by atoms with Gasteiger partial charge in [0.05, 0.1) is 12.2 Å². The number of benzene rings is 2. The predicted molar refractivity (Wildman–Crippen MR) is 89.0 cm³/mol. The standard InChI is InChI=1S/C19H17F2NO3/c20-14-2-1-3-15(21)19(14)16(23)11-22-18(24)7-5-12-4-6-17-13(10-12)8-9-25-17/h1-7,10,16,23H,8-9,11H2,(H,22,24)/b7-5+. The minimum absolute atomic E-state index is 0.293. The maximum absolute atomic E-state index is 13.6.